The zero-order valence-electron chi connectivity index (χ0n) is 8.20. The predicted molar refractivity (Wildman–Crippen MR) is 56.9 cm³/mol. The summed E-state index contributed by atoms with van der Waals surface area (Å²) in [6, 6.07) is -0.413. The Labute approximate surface area is 98.8 Å². The number of carboxylic acid groups (broad SMARTS) is 1. The highest BCUT2D eigenvalue weighted by molar-refractivity contribution is 9.10. The molecule has 1 aromatic rings. The van der Waals surface area contributed by atoms with Crippen LogP contribution >= 0.6 is 15.9 Å². The van der Waals surface area contributed by atoms with Crippen molar-refractivity contribution in [2.75, 3.05) is 7.11 Å². The fourth-order valence-corrected chi connectivity index (χ4v) is 1.84. The molecule has 0 aliphatic rings. The number of phenols is 1. The van der Waals surface area contributed by atoms with E-state index in [1.807, 2.05) is 0 Å². The van der Waals surface area contributed by atoms with Gasteiger partial charge in [0.05, 0.1) is 7.11 Å². The molecule has 0 spiro atoms. The van der Waals surface area contributed by atoms with E-state index in [0.717, 1.165) is 13.2 Å². The highest BCUT2D eigenvalue weighted by Crippen LogP contribution is 2.38. The largest absolute Gasteiger partial charge is 0.504 e. The Hall–Kier alpha value is -1.34. The van der Waals surface area contributed by atoms with Crippen LogP contribution in [0.1, 0.15) is 11.6 Å². The van der Waals surface area contributed by atoms with E-state index in [2.05, 4.69) is 20.7 Å². The summed E-state index contributed by atoms with van der Waals surface area (Å²) in [6.45, 7) is 0. The SMILES string of the molecule is COc1c(O)cc(Br)c(C(N)C(=O)O)c1F. The Morgan fingerprint density at radius 1 is 1.69 bits per heavy atom. The molecule has 0 aliphatic carbocycles. The van der Waals surface area contributed by atoms with Crippen molar-refractivity contribution in [2.45, 2.75) is 6.04 Å². The molecule has 0 saturated carbocycles. The third-order valence-electron chi connectivity index (χ3n) is 1.97. The van der Waals surface area contributed by atoms with Crippen molar-refractivity contribution in [1.82, 2.24) is 0 Å². The number of halogens is 2. The number of aromatic hydroxyl groups is 1. The molecule has 0 saturated heterocycles. The molecule has 0 radical (unpaired) electrons. The van der Waals surface area contributed by atoms with Crippen LogP contribution in [-0.2, 0) is 4.79 Å². The molecule has 4 N–H and O–H groups in total. The third kappa shape index (κ3) is 2.10. The lowest BCUT2D eigenvalue weighted by atomic mass is 10.1. The van der Waals surface area contributed by atoms with Crippen molar-refractivity contribution in [3.8, 4) is 11.5 Å². The quantitative estimate of drug-likeness (QED) is 0.783. The molecular weight excluding hydrogens is 285 g/mol. The summed E-state index contributed by atoms with van der Waals surface area (Å²) in [7, 11) is 1.15. The first kappa shape index (κ1) is 12.7. The van der Waals surface area contributed by atoms with Crippen molar-refractivity contribution in [1.29, 1.82) is 0 Å². The number of hydrogen-bond acceptors (Lipinski definition) is 4. The number of carbonyl (C=O) groups is 1. The Bertz CT molecular complexity index is 438. The van der Waals surface area contributed by atoms with E-state index in [0.29, 0.717) is 0 Å². The van der Waals surface area contributed by atoms with Crippen LogP contribution in [0.2, 0.25) is 0 Å². The monoisotopic (exact) mass is 293 g/mol. The first-order valence-electron chi connectivity index (χ1n) is 4.13. The summed E-state index contributed by atoms with van der Waals surface area (Å²) in [6.07, 6.45) is 0. The van der Waals surface area contributed by atoms with Crippen LogP contribution in [0.25, 0.3) is 0 Å². The second-order valence-corrected chi connectivity index (χ2v) is 3.81. The molecule has 0 aliphatic heterocycles. The van der Waals surface area contributed by atoms with E-state index >= 15 is 0 Å². The maximum Gasteiger partial charge on any atom is 0.325 e. The summed E-state index contributed by atoms with van der Waals surface area (Å²) in [5, 5.41) is 18.0. The minimum Gasteiger partial charge on any atom is -0.504 e. The fourth-order valence-electron chi connectivity index (χ4n) is 1.21. The number of hydrogen-bond donors (Lipinski definition) is 3. The topological polar surface area (TPSA) is 92.8 Å². The second-order valence-electron chi connectivity index (χ2n) is 2.95. The molecule has 1 rings (SSSR count). The van der Waals surface area contributed by atoms with Gasteiger partial charge in [-0.05, 0) is 6.07 Å². The molecule has 16 heavy (non-hydrogen) atoms. The predicted octanol–water partition coefficient (Wildman–Crippen LogP) is 1.39. The molecule has 88 valence electrons. The average molecular weight is 294 g/mol. The van der Waals surface area contributed by atoms with Gasteiger partial charge in [0.15, 0.2) is 17.3 Å². The maximum absolute atomic E-state index is 13.7. The second kappa shape index (κ2) is 4.67. The van der Waals surface area contributed by atoms with E-state index in [4.69, 9.17) is 10.8 Å². The summed E-state index contributed by atoms with van der Waals surface area (Å²) in [5.41, 5.74) is 5.03. The van der Waals surface area contributed by atoms with E-state index in [1.165, 1.54) is 0 Å². The normalized spacial score (nSPS) is 12.2. The van der Waals surface area contributed by atoms with Crippen LogP contribution < -0.4 is 10.5 Å². The lowest BCUT2D eigenvalue weighted by molar-refractivity contribution is -0.138. The van der Waals surface area contributed by atoms with Gasteiger partial charge in [0, 0.05) is 10.0 Å². The number of ether oxygens (including phenoxy) is 1. The van der Waals surface area contributed by atoms with Crippen LogP contribution in [0, 0.1) is 5.82 Å². The lowest BCUT2D eigenvalue weighted by Crippen LogP contribution is -2.22. The number of nitrogens with two attached hydrogens (primary N) is 1. The zero-order chi connectivity index (χ0) is 12.5. The molecule has 0 heterocycles. The molecular formula is C9H9BrFNO4. The molecule has 7 heteroatoms. The van der Waals surface area contributed by atoms with Gasteiger partial charge in [0.2, 0.25) is 0 Å². The first-order valence-corrected chi connectivity index (χ1v) is 4.92. The summed E-state index contributed by atoms with van der Waals surface area (Å²) < 4.78 is 18.4. The van der Waals surface area contributed by atoms with Gasteiger partial charge in [-0.25, -0.2) is 4.39 Å². The van der Waals surface area contributed by atoms with Crippen molar-refractivity contribution >= 4 is 21.9 Å². The molecule has 0 bridgehead atoms. The van der Waals surface area contributed by atoms with Crippen molar-refractivity contribution in [3.05, 3.63) is 21.9 Å². The summed E-state index contributed by atoms with van der Waals surface area (Å²) in [5.74, 6) is -3.25. The van der Waals surface area contributed by atoms with Crippen LogP contribution in [0.5, 0.6) is 11.5 Å². The van der Waals surface area contributed by atoms with Gasteiger partial charge in [0.25, 0.3) is 0 Å². The number of phenolic OH excluding ortho intramolecular Hbond substituents is 1. The highest BCUT2D eigenvalue weighted by atomic mass is 79.9. The Morgan fingerprint density at radius 3 is 2.69 bits per heavy atom. The van der Waals surface area contributed by atoms with Gasteiger partial charge in [-0.15, -0.1) is 0 Å². The average Bonchev–Trinajstić information content (AvgIpc) is 2.17. The van der Waals surface area contributed by atoms with E-state index in [9.17, 15) is 14.3 Å². The van der Waals surface area contributed by atoms with Gasteiger partial charge in [0.1, 0.15) is 6.04 Å². The van der Waals surface area contributed by atoms with Crippen LogP contribution in [0.4, 0.5) is 4.39 Å². The third-order valence-corrected chi connectivity index (χ3v) is 2.63. The molecule has 0 amide bonds. The molecule has 0 fully saturated rings. The Morgan fingerprint density at radius 2 is 2.25 bits per heavy atom. The standard InChI is InChI=1S/C9H9BrFNO4/c1-16-8-4(13)2-3(10)5(6(8)11)7(12)9(14)15/h2,7,13H,12H2,1H3,(H,14,15). The van der Waals surface area contributed by atoms with Gasteiger partial charge < -0.3 is 20.7 Å². The minimum atomic E-state index is -1.54. The number of rotatable bonds is 3. The molecule has 5 nitrogen and oxygen atoms in total. The number of methoxy groups -OCH3 is 1. The number of carboxylic acids is 1. The van der Waals surface area contributed by atoms with Gasteiger partial charge in [-0.2, -0.15) is 0 Å². The number of aliphatic carboxylic acids is 1. The molecule has 1 aromatic carbocycles. The van der Waals surface area contributed by atoms with Crippen molar-refractivity contribution < 1.29 is 24.1 Å². The Kier molecular flexibility index (Phi) is 3.71. The zero-order valence-corrected chi connectivity index (χ0v) is 9.78. The highest BCUT2D eigenvalue weighted by Gasteiger charge is 2.26. The van der Waals surface area contributed by atoms with E-state index in [-0.39, 0.29) is 10.0 Å². The van der Waals surface area contributed by atoms with Crippen LogP contribution in [0.15, 0.2) is 10.5 Å². The molecule has 1 unspecified atom stereocenters. The van der Waals surface area contributed by atoms with Crippen molar-refractivity contribution in [3.63, 3.8) is 0 Å². The number of benzene rings is 1. The fraction of sp³-hybridized carbons (Fsp3) is 0.222. The van der Waals surface area contributed by atoms with Gasteiger partial charge in [-0.1, -0.05) is 15.9 Å². The Balaban J connectivity index is 3.45. The van der Waals surface area contributed by atoms with Gasteiger partial charge >= 0.3 is 5.97 Å². The lowest BCUT2D eigenvalue weighted by Gasteiger charge is -2.14. The molecule has 0 aromatic heterocycles. The molecule has 1 atom stereocenters. The van der Waals surface area contributed by atoms with E-state index in [1.54, 1.807) is 0 Å². The minimum absolute atomic E-state index is 0.0678. The summed E-state index contributed by atoms with van der Waals surface area (Å²) in [4.78, 5) is 10.7. The van der Waals surface area contributed by atoms with Crippen LogP contribution in [0.3, 0.4) is 0 Å². The van der Waals surface area contributed by atoms with E-state index < -0.39 is 29.3 Å². The maximum atomic E-state index is 13.7. The van der Waals surface area contributed by atoms with Crippen molar-refractivity contribution in [2.24, 2.45) is 5.73 Å². The summed E-state index contributed by atoms with van der Waals surface area (Å²) >= 11 is 2.93. The smallest absolute Gasteiger partial charge is 0.325 e. The first-order chi connectivity index (χ1) is 7.40. The van der Waals surface area contributed by atoms with Crippen LogP contribution in [-0.4, -0.2) is 23.3 Å². The van der Waals surface area contributed by atoms with Gasteiger partial charge in [-0.3, -0.25) is 4.79 Å².